The van der Waals surface area contributed by atoms with Crippen LogP contribution < -0.4 is 0 Å². The second-order valence-corrected chi connectivity index (χ2v) is 10.1. The number of thioether (sulfide) groups is 1. The van der Waals surface area contributed by atoms with Crippen molar-refractivity contribution in [2.24, 2.45) is 0 Å². The van der Waals surface area contributed by atoms with Gasteiger partial charge in [-0.15, -0.1) is 11.3 Å². The number of benzene rings is 1. The van der Waals surface area contributed by atoms with Crippen molar-refractivity contribution in [3.63, 3.8) is 0 Å². The highest BCUT2D eigenvalue weighted by molar-refractivity contribution is 8.00. The van der Waals surface area contributed by atoms with Crippen LogP contribution in [0, 0.1) is 5.82 Å². The molecule has 0 saturated carbocycles. The Labute approximate surface area is 165 Å². The van der Waals surface area contributed by atoms with Crippen LogP contribution >= 0.6 is 23.1 Å². The van der Waals surface area contributed by atoms with E-state index < -0.39 is 10.0 Å². The lowest BCUT2D eigenvalue weighted by Gasteiger charge is -2.12. The van der Waals surface area contributed by atoms with Gasteiger partial charge in [0, 0.05) is 24.0 Å². The zero-order valence-corrected chi connectivity index (χ0v) is 16.7. The summed E-state index contributed by atoms with van der Waals surface area (Å²) in [5, 5.41) is 1.92. The Kier molecular flexibility index (Phi) is 5.36. The summed E-state index contributed by atoms with van der Waals surface area (Å²) in [6, 6.07) is 9.43. The number of furan rings is 1. The Morgan fingerprint density at radius 2 is 1.89 bits per heavy atom. The van der Waals surface area contributed by atoms with E-state index in [0.29, 0.717) is 24.6 Å². The Morgan fingerprint density at radius 3 is 2.63 bits per heavy atom. The average molecular weight is 425 g/mol. The summed E-state index contributed by atoms with van der Waals surface area (Å²) >= 11 is 2.97. The van der Waals surface area contributed by atoms with Gasteiger partial charge in [-0.1, -0.05) is 11.8 Å². The van der Waals surface area contributed by atoms with E-state index in [2.05, 4.69) is 4.98 Å². The van der Waals surface area contributed by atoms with Crippen molar-refractivity contribution in [2.75, 3.05) is 13.1 Å². The minimum atomic E-state index is -3.52. The molecule has 1 saturated heterocycles. The maximum atomic E-state index is 13.0. The van der Waals surface area contributed by atoms with Crippen LogP contribution in [-0.4, -0.2) is 30.8 Å². The summed E-state index contributed by atoms with van der Waals surface area (Å²) in [4.78, 5) is 4.53. The van der Waals surface area contributed by atoms with Gasteiger partial charge in [-0.25, -0.2) is 17.8 Å². The van der Waals surface area contributed by atoms with Gasteiger partial charge in [-0.2, -0.15) is 4.31 Å². The minimum Gasteiger partial charge on any atom is -0.447 e. The van der Waals surface area contributed by atoms with Crippen LogP contribution in [0.15, 0.2) is 55.6 Å². The van der Waals surface area contributed by atoms with Crippen molar-refractivity contribution in [1.29, 1.82) is 0 Å². The predicted octanol–water partition coefficient (Wildman–Crippen LogP) is 4.62. The van der Waals surface area contributed by atoms with E-state index >= 15 is 0 Å². The molecule has 1 fully saturated rings. The SMILES string of the molecule is O=S(=O)(c1ccc(CSc2nc(-c3ccc(F)cc3)cs2)o1)N1CCCC1. The van der Waals surface area contributed by atoms with Gasteiger partial charge < -0.3 is 4.42 Å². The van der Waals surface area contributed by atoms with Crippen LogP contribution in [0.25, 0.3) is 11.3 Å². The zero-order valence-electron chi connectivity index (χ0n) is 14.3. The number of halogens is 1. The molecule has 0 atom stereocenters. The largest absolute Gasteiger partial charge is 0.447 e. The molecule has 3 heterocycles. The Morgan fingerprint density at radius 1 is 1.15 bits per heavy atom. The third-order valence-corrected chi connectivity index (χ3v) is 8.07. The standard InChI is InChI=1S/C18H17FN2O3S3/c19-14-5-3-13(4-6-14)16-12-26-18(20-16)25-11-15-7-8-17(24-15)27(22,23)21-9-1-2-10-21/h3-8,12H,1-2,9-11H2. The van der Waals surface area contributed by atoms with Crippen LogP contribution in [-0.2, 0) is 15.8 Å². The first-order valence-electron chi connectivity index (χ1n) is 8.45. The average Bonchev–Trinajstić information content (AvgIpc) is 3.41. The lowest BCUT2D eigenvalue weighted by molar-refractivity contribution is 0.397. The number of thiazole rings is 1. The van der Waals surface area contributed by atoms with Crippen LogP contribution in [0.1, 0.15) is 18.6 Å². The van der Waals surface area contributed by atoms with E-state index in [9.17, 15) is 12.8 Å². The van der Waals surface area contributed by atoms with Gasteiger partial charge in [-0.05, 0) is 49.2 Å². The zero-order chi connectivity index (χ0) is 18.9. The third-order valence-electron chi connectivity index (χ3n) is 4.26. The highest BCUT2D eigenvalue weighted by Crippen LogP contribution is 2.31. The molecule has 0 radical (unpaired) electrons. The Hall–Kier alpha value is -1.68. The fourth-order valence-electron chi connectivity index (χ4n) is 2.84. The second-order valence-electron chi connectivity index (χ2n) is 6.13. The topological polar surface area (TPSA) is 63.4 Å². The quantitative estimate of drug-likeness (QED) is 0.541. The van der Waals surface area contributed by atoms with Gasteiger partial charge in [-0.3, -0.25) is 0 Å². The van der Waals surface area contributed by atoms with Crippen LogP contribution in [0.4, 0.5) is 4.39 Å². The van der Waals surface area contributed by atoms with Crippen molar-refractivity contribution >= 4 is 33.1 Å². The molecule has 27 heavy (non-hydrogen) atoms. The van der Waals surface area contributed by atoms with Crippen LogP contribution in [0.5, 0.6) is 0 Å². The minimum absolute atomic E-state index is 0.00569. The van der Waals surface area contributed by atoms with E-state index in [0.717, 1.165) is 28.4 Å². The molecule has 9 heteroatoms. The van der Waals surface area contributed by atoms with Crippen molar-refractivity contribution in [1.82, 2.24) is 9.29 Å². The Balaban J connectivity index is 1.41. The number of nitrogens with zero attached hydrogens (tertiary/aromatic N) is 2. The molecule has 4 rings (SSSR count). The fourth-order valence-corrected chi connectivity index (χ4v) is 6.01. The number of aromatic nitrogens is 1. The molecule has 0 unspecified atom stereocenters. The molecule has 0 spiro atoms. The Bertz CT molecular complexity index is 1020. The van der Waals surface area contributed by atoms with E-state index in [-0.39, 0.29) is 10.9 Å². The molecule has 142 valence electrons. The molecule has 0 bridgehead atoms. The number of sulfonamides is 1. The van der Waals surface area contributed by atoms with Crippen LogP contribution in [0.3, 0.4) is 0 Å². The summed E-state index contributed by atoms with van der Waals surface area (Å²) in [7, 11) is -3.52. The van der Waals surface area contributed by atoms with E-state index in [1.807, 2.05) is 5.38 Å². The summed E-state index contributed by atoms with van der Waals surface area (Å²) < 4.78 is 45.9. The molecule has 0 aliphatic carbocycles. The first-order chi connectivity index (χ1) is 13.0. The summed E-state index contributed by atoms with van der Waals surface area (Å²) in [6.45, 7) is 1.11. The highest BCUT2D eigenvalue weighted by Gasteiger charge is 2.29. The molecule has 0 amide bonds. The maximum Gasteiger partial charge on any atom is 0.276 e. The lowest BCUT2D eigenvalue weighted by atomic mass is 10.2. The molecule has 3 aromatic rings. The van der Waals surface area contributed by atoms with Gasteiger partial charge in [0.1, 0.15) is 11.6 Å². The third kappa shape index (κ3) is 4.11. The molecule has 1 aliphatic rings. The number of hydrogen-bond acceptors (Lipinski definition) is 6. The van der Waals surface area contributed by atoms with E-state index in [1.165, 1.54) is 45.6 Å². The van der Waals surface area contributed by atoms with Gasteiger partial charge in [0.2, 0.25) is 5.09 Å². The number of hydrogen-bond donors (Lipinski definition) is 0. The first kappa shape index (κ1) is 18.7. The lowest BCUT2D eigenvalue weighted by Crippen LogP contribution is -2.27. The first-order valence-corrected chi connectivity index (χ1v) is 11.8. The van der Waals surface area contributed by atoms with Gasteiger partial charge in [0.15, 0.2) is 4.34 Å². The molecular weight excluding hydrogens is 407 g/mol. The second kappa shape index (κ2) is 7.75. The van der Waals surface area contributed by atoms with Crippen molar-refractivity contribution in [3.8, 4) is 11.3 Å². The monoisotopic (exact) mass is 424 g/mol. The summed E-state index contributed by atoms with van der Waals surface area (Å²) in [5.41, 5.74) is 1.65. The molecular formula is C18H17FN2O3S3. The smallest absolute Gasteiger partial charge is 0.276 e. The molecule has 1 aromatic carbocycles. The fraction of sp³-hybridized carbons (Fsp3) is 0.278. The maximum absolute atomic E-state index is 13.0. The van der Waals surface area contributed by atoms with Gasteiger partial charge in [0.25, 0.3) is 10.0 Å². The molecule has 1 aliphatic heterocycles. The molecule has 5 nitrogen and oxygen atoms in total. The number of rotatable bonds is 6. The van der Waals surface area contributed by atoms with Gasteiger partial charge >= 0.3 is 0 Å². The van der Waals surface area contributed by atoms with Crippen LogP contribution in [0.2, 0.25) is 0 Å². The van der Waals surface area contributed by atoms with Crippen molar-refractivity contribution in [2.45, 2.75) is 28.0 Å². The van der Waals surface area contributed by atoms with Crippen molar-refractivity contribution in [3.05, 3.63) is 53.4 Å². The molecule has 2 aromatic heterocycles. The summed E-state index contributed by atoms with van der Waals surface area (Å²) in [5.74, 6) is 0.809. The normalized spacial score (nSPS) is 15.4. The van der Waals surface area contributed by atoms with Gasteiger partial charge in [0.05, 0.1) is 11.4 Å². The predicted molar refractivity (Wildman–Crippen MR) is 104 cm³/mol. The highest BCUT2D eigenvalue weighted by atomic mass is 32.2. The van der Waals surface area contributed by atoms with E-state index in [4.69, 9.17) is 4.42 Å². The van der Waals surface area contributed by atoms with E-state index in [1.54, 1.807) is 18.2 Å². The summed E-state index contributed by atoms with van der Waals surface area (Å²) in [6.07, 6.45) is 1.78. The van der Waals surface area contributed by atoms with Crippen molar-refractivity contribution < 1.29 is 17.2 Å². The molecule has 0 N–H and O–H groups in total.